The topological polar surface area (TPSA) is 294 Å². The van der Waals surface area contributed by atoms with E-state index in [1.165, 1.54) is 30.3 Å². The molecule has 100 heavy (non-hydrogen) atoms. The summed E-state index contributed by atoms with van der Waals surface area (Å²) < 4.78 is 117. The first-order chi connectivity index (χ1) is 47.0. The summed E-state index contributed by atoms with van der Waals surface area (Å²) in [7, 11) is 3.98. The molecule has 4 heterocycles. The molecule has 2 aromatic heterocycles. The summed E-state index contributed by atoms with van der Waals surface area (Å²) in [5, 5.41) is 20.0. The van der Waals surface area contributed by atoms with Crippen molar-refractivity contribution in [1.29, 1.82) is 0 Å². The van der Waals surface area contributed by atoms with Crippen LogP contribution in [0.2, 0.25) is 0 Å². The maximum atomic E-state index is 15.2. The van der Waals surface area contributed by atoms with Crippen LogP contribution in [0.25, 0.3) is 22.3 Å². The molecule has 11 N–H and O–H groups in total. The number of amides is 4. The Kier molecular flexibility index (Phi) is 28.5. The Morgan fingerprint density at radius 2 is 0.910 bits per heavy atom. The molecule has 544 valence electrons. The largest absolute Gasteiger partial charge is 0.478 e. The lowest BCUT2D eigenvalue weighted by Crippen LogP contribution is -2.55. The standard InChI is InChI=1S/C33H40F4N6O3.C27H26F4N4O4.C11H24N2O2/c1-20-18-43(19-21(2)42(20)3)29-11-9-22(15-28(29)41-32(46)25-17-40-30(44)16-26(25)33(35,36)37)24-14-23(8-10-27(24)34)31(45)39-13-7-5-4-6-12-38;1-14-12-35(13-15(2)34(14)3)23-7-5-16(18-8-17(26(38)39)4-6-21(18)28)9-22(23)33-25(37)19-11-32-24(36)10-20(19)27(29,30)31;1-11(2,3)15-10(14)13-9-7-5-4-6-8-12/h8-11,14-17,20-21H,4-7,12-13,18-19,38H2,1-3H3,(H,39,45)(H,40,44)(H,41,46);4-11,14-15H,12-13H2,1-3H3,(H,32,36)(H,33,37)(H,38,39);4-9,12H2,1-3H3,(H,13,14)/t20-,21+;14-,15+;. The van der Waals surface area contributed by atoms with Crippen LogP contribution in [0.15, 0.2) is 107 Å². The minimum absolute atomic E-state index is 0.0583. The van der Waals surface area contributed by atoms with Crippen LogP contribution in [0.3, 0.4) is 0 Å². The molecule has 6 aromatic rings. The maximum Gasteiger partial charge on any atom is 0.417 e. The van der Waals surface area contributed by atoms with E-state index in [2.05, 4.69) is 41.0 Å². The van der Waals surface area contributed by atoms with Crippen molar-refractivity contribution in [3.8, 4) is 22.3 Å². The second-order valence-corrected chi connectivity index (χ2v) is 25.9. The van der Waals surface area contributed by atoms with Crippen LogP contribution in [0, 0.1) is 11.6 Å². The van der Waals surface area contributed by atoms with Gasteiger partial charge in [-0.25, -0.2) is 18.4 Å². The number of carbonyl (C=O) groups excluding carboxylic acids is 4. The number of pyridine rings is 2. The van der Waals surface area contributed by atoms with Crippen LogP contribution in [-0.4, -0.2) is 151 Å². The maximum absolute atomic E-state index is 15.2. The van der Waals surface area contributed by atoms with Crippen molar-refractivity contribution in [2.75, 3.05) is 86.9 Å². The number of nitrogens with zero attached hydrogens (tertiary/aromatic N) is 4. The van der Waals surface area contributed by atoms with E-state index < -0.39 is 80.7 Å². The Labute approximate surface area is 575 Å². The molecule has 4 atom stereocenters. The molecule has 8 rings (SSSR count). The molecule has 2 saturated heterocycles. The number of aromatic carboxylic acids is 1. The summed E-state index contributed by atoms with van der Waals surface area (Å²) in [5.41, 5.74) is 6.00. The number of carboxylic acids is 1. The first-order valence-corrected chi connectivity index (χ1v) is 32.9. The number of carbonyl (C=O) groups is 5. The highest BCUT2D eigenvalue weighted by Crippen LogP contribution is 2.39. The molecule has 29 heteroatoms. The number of H-pyrrole nitrogens is 2. The Morgan fingerprint density at radius 3 is 1.29 bits per heavy atom. The number of hydrogen-bond donors (Lipinski definition) is 9. The number of unbranched alkanes of at least 4 members (excludes halogenated alkanes) is 6. The van der Waals surface area contributed by atoms with Crippen molar-refractivity contribution < 1.29 is 68.9 Å². The van der Waals surface area contributed by atoms with Gasteiger partial charge in [-0.15, -0.1) is 0 Å². The van der Waals surface area contributed by atoms with E-state index >= 15 is 4.39 Å². The van der Waals surface area contributed by atoms with Gasteiger partial charge in [-0.2, -0.15) is 26.3 Å². The lowest BCUT2D eigenvalue weighted by atomic mass is 9.99. The van der Waals surface area contributed by atoms with Gasteiger partial charge in [0.1, 0.15) is 17.2 Å². The fraction of sp³-hybridized carbons (Fsp3) is 0.451. The summed E-state index contributed by atoms with van der Waals surface area (Å²) in [4.78, 5) is 97.8. The SMILES string of the molecule is CC(C)(C)OC(=O)NCCCCCCN.C[C@@H]1CN(c2ccc(-c3cc(C(=O)NCCCCCCN)ccc3F)cc2NC(=O)c2c[nH]c(=O)cc2C(F)(F)F)C[C@H](C)N1C.C[C@@H]1CN(c2ccc(-c3cc(C(=O)O)ccc3F)cc2NC(=O)c2c[nH]c(=O)cc2C(F)(F)F)C[C@H](C)N1C. The van der Waals surface area contributed by atoms with E-state index in [0.29, 0.717) is 81.1 Å². The molecule has 2 aliphatic heterocycles. The molecular weight excluding hydrogens is 1320 g/mol. The number of nitrogens with one attached hydrogen (secondary N) is 6. The van der Waals surface area contributed by atoms with Crippen molar-refractivity contribution in [3.63, 3.8) is 0 Å². The second kappa shape index (κ2) is 35.7. The molecule has 0 bridgehead atoms. The van der Waals surface area contributed by atoms with E-state index in [4.69, 9.17) is 16.2 Å². The third-order valence-corrected chi connectivity index (χ3v) is 17.1. The van der Waals surface area contributed by atoms with Crippen LogP contribution in [-0.2, 0) is 17.1 Å². The van der Waals surface area contributed by atoms with Gasteiger partial charge in [-0.1, -0.05) is 37.8 Å². The van der Waals surface area contributed by atoms with Crippen molar-refractivity contribution >= 4 is 52.5 Å². The molecular formula is C71H90F8N12O9. The predicted molar refractivity (Wildman–Crippen MR) is 370 cm³/mol. The van der Waals surface area contributed by atoms with Crippen molar-refractivity contribution in [3.05, 3.63) is 163 Å². The number of halogens is 8. The molecule has 2 aliphatic rings. The van der Waals surface area contributed by atoms with Gasteiger partial charge in [0.15, 0.2) is 0 Å². The zero-order valence-corrected chi connectivity index (χ0v) is 57.5. The predicted octanol–water partition coefficient (Wildman–Crippen LogP) is 11.9. The van der Waals surface area contributed by atoms with Gasteiger partial charge in [0.05, 0.1) is 50.6 Å². The second-order valence-electron chi connectivity index (χ2n) is 25.9. The summed E-state index contributed by atoms with van der Waals surface area (Å²) in [6, 6.07) is 17.7. The fourth-order valence-electron chi connectivity index (χ4n) is 11.4. The quantitative estimate of drug-likeness (QED) is 0.0226. The summed E-state index contributed by atoms with van der Waals surface area (Å²) in [6.45, 7) is 18.4. The molecule has 2 fully saturated rings. The minimum atomic E-state index is -4.96. The molecule has 21 nitrogen and oxygen atoms in total. The van der Waals surface area contributed by atoms with E-state index in [-0.39, 0.29) is 75.4 Å². The van der Waals surface area contributed by atoms with Crippen LogP contribution < -0.4 is 53.7 Å². The molecule has 0 saturated carbocycles. The van der Waals surface area contributed by atoms with Gasteiger partial charge in [-0.3, -0.25) is 33.8 Å². The van der Waals surface area contributed by atoms with Gasteiger partial charge in [-0.05, 0) is 173 Å². The van der Waals surface area contributed by atoms with E-state index in [9.17, 15) is 69.4 Å². The summed E-state index contributed by atoms with van der Waals surface area (Å²) in [6.07, 6.45) is -0.973. The van der Waals surface area contributed by atoms with Crippen LogP contribution >= 0.6 is 0 Å². The van der Waals surface area contributed by atoms with Gasteiger partial charge < -0.3 is 62.3 Å². The van der Waals surface area contributed by atoms with Gasteiger partial charge in [0, 0.05) is 105 Å². The van der Waals surface area contributed by atoms with Crippen molar-refractivity contribution in [2.24, 2.45) is 11.5 Å². The number of alkyl carbamates (subject to hydrolysis) is 1. The molecule has 0 aliphatic carbocycles. The van der Waals surface area contributed by atoms with E-state index in [1.54, 1.807) is 24.3 Å². The average Bonchev–Trinajstić information content (AvgIpc) is 0.789. The number of aromatic amines is 2. The average molecular weight is 1410 g/mol. The van der Waals surface area contributed by atoms with Crippen LogP contribution in [0.1, 0.15) is 152 Å². The number of rotatable bonds is 22. The Hall–Kier alpha value is -9.19. The fourth-order valence-corrected chi connectivity index (χ4v) is 11.4. The lowest BCUT2D eigenvalue weighted by Gasteiger charge is -2.44. The number of ether oxygens (including phenoxy) is 1. The first kappa shape index (κ1) is 79.8. The normalized spacial score (nSPS) is 16.7. The zero-order chi connectivity index (χ0) is 74.0. The van der Waals surface area contributed by atoms with Gasteiger partial charge >= 0.3 is 24.4 Å². The number of carboxylic acid groups (broad SMARTS) is 1. The highest BCUT2D eigenvalue weighted by Gasteiger charge is 2.38. The summed E-state index contributed by atoms with van der Waals surface area (Å²) >= 11 is 0. The first-order valence-electron chi connectivity index (χ1n) is 32.9. The number of likely N-dealkylation sites (N-methyl/N-ethyl adjacent to an activating group) is 2. The number of nitrogens with two attached hydrogens (primary N) is 2. The number of alkyl halides is 6. The van der Waals surface area contributed by atoms with E-state index in [1.807, 2.05) is 72.4 Å². The van der Waals surface area contributed by atoms with Crippen molar-refractivity contribution in [1.82, 2.24) is 30.4 Å². The highest BCUT2D eigenvalue weighted by atomic mass is 19.4. The molecule has 0 spiro atoms. The summed E-state index contributed by atoms with van der Waals surface area (Å²) in [5.74, 6) is -5.20. The van der Waals surface area contributed by atoms with Crippen molar-refractivity contribution in [2.45, 2.75) is 142 Å². The molecule has 0 radical (unpaired) electrons. The Bertz CT molecular complexity index is 3910. The monoisotopic (exact) mass is 1410 g/mol. The highest BCUT2D eigenvalue weighted by molar-refractivity contribution is 6.08. The van der Waals surface area contributed by atoms with E-state index in [0.717, 1.165) is 82.3 Å². The minimum Gasteiger partial charge on any atom is -0.478 e. The molecule has 4 aromatic carbocycles. The van der Waals surface area contributed by atoms with Crippen LogP contribution in [0.4, 0.5) is 62.7 Å². The number of hydrogen-bond acceptors (Lipinski definition) is 14. The van der Waals surface area contributed by atoms with Gasteiger partial charge in [0.25, 0.3) is 17.7 Å². The third-order valence-electron chi connectivity index (χ3n) is 17.1. The third kappa shape index (κ3) is 22.7. The number of aromatic nitrogens is 2. The molecule has 4 amide bonds. The van der Waals surface area contributed by atoms with Crippen LogP contribution in [0.5, 0.6) is 0 Å². The number of piperazine rings is 2. The number of anilines is 4. The van der Waals surface area contributed by atoms with Gasteiger partial charge in [0.2, 0.25) is 11.1 Å². The Morgan fingerprint density at radius 1 is 0.530 bits per heavy atom. The Balaban J connectivity index is 0.000000264. The smallest absolute Gasteiger partial charge is 0.417 e. The molecule has 0 unspecified atom stereocenters. The zero-order valence-electron chi connectivity index (χ0n) is 57.5. The lowest BCUT2D eigenvalue weighted by molar-refractivity contribution is -0.138. The number of benzene rings is 4.